The molecule has 2 aromatic rings. The normalized spacial score (nSPS) is 11.2. The molecule has 7 nitrogen and oxygen atoms in total. The van der Waals surface area contributed by atoms with Crippen molar-refractivity contribution in [3.63, 3.8) is 0 Å². The number of aromatic nitrogens is 2. The molecule has 4 N–H and O–H groups in total. The number of alkyl halides is 3. The average Bonchev–Trinajstić information content (AvgIpc) is 2.46. The first-order valence-corrected chi connectivity index (χ1v) is 6.08. The van der Waals surface area contributed by atoms with Crippen LogP contribution in [-0.2, 0) is 6.18 Å². The molecule has 0 aliphatic carbocycles. The van der Waals surface area contributed by atoms with Crippen LogP contribution in [0.25, 0.3) is 0 Å². The van der Waals surface area contributed by atoms with E-state index >= 15 is 0 Å². The summed E-state index contributed by atoms with van der Waals surface area (Å²) < 4.78 is 37.8. The zero-order chi connectivity index (χ0) is 17.2. The van der Waals surface area contributed by atoms with Gasteiger partial charge in [-0.2, -0.15) is 13.2 Å². The third-order valence-electron chi connectivity index (χ3n) is 2.70. The van der Waals surface area contributed by atoms with Crippen LogP contribution in [0.1, 0.15) is 16.1 Å². The Labute approximate surface area is 127 Å². The van der Waals surface area contributed by atoms with Crippen molar-refractivity contribution in [3.05, 3.63) is 41.7 Å². The Morgan fingerprint density at radius 1 is 1.22 bits per heavy atom. The fourth-order valence-corrected chi connectivity index (χ4v) is 1.70. The Balaban J connectivity index is 2.38. The largest absolute Gasteiger partial charge is 0.488 e. The van der Waals surface area contributed by atoms with Crippen molar-refractivity contribution in [2.45, 2.75) is 6.18 Å². The smallest absolute Gasteiger partial charge is 0.478 e. The van der Waals surface area contributed by atoms with Crippen LogP contribution in [0.3, 0.4) is 0 Å². The van der Waals surface area contributed by atoms with Crippen molar-refractivity contribution in [1.82, 2.24) is 9.97 Å². The summed E-state index contributed by atoms with van der Waals surface area (Å²) in [5, 5.41) is 29.6. The first-order valence-electron chi connectivity index (χ1n) is 6.08. The van der Waals surface area contributed by atoms with E-state index in [2.05, 4.69) is 15.3 Å². The van der Waals surface area contributed by atoms with E-state index in [4.69, 9.17) is 15.2 Å². The zero-order valence-corrected chi connectivity index (χ0v) is 11.2. The minimum Gasteiger partial charge on any atom is -0.478 e. The van der Waals surface area contributed by atoms with Crippen LogP contribution in [-0.4, -0.2) is 38.2 Å². The maximum Gasteiger partial charge on any atom is 0.488 e. The number of carboxylic acids is 1. The topological polar surface area (TPSA) is 116 Å². The van der Waals surface area contributed by atoms with Crippen LogP contribution in [0.15, 0.2) is 30.5 Å². The highest BCUT2D eigenvalue weighted by Crippen LogP contribution is 2.28. The molecular formula is C12H9BF3N3O4. The fourth-order valence-electron chi connectivity index (χ4n) is 1.70. The summed E-state index contributed by atoms with van der Waals surface area (Å²) >= 11 is 0. The third-order valence-corrected chi connectivity index (χ3v) is 2.70. The first-order chi connectivity index (χ1) is 10.7. The molecule has 120 valence electrons. The Morgan fingerprint density at radius 2 is 1.91 bits per heavy atom. The predicted molar refractivity (Wildman–Crippen MR) is 73.5 cm³/mol. The standard InChI is InChI=1S/C12H9BF3N3O4/c14-12(15,16)9-1-2-17-11(19-9)18-8-4-6(10(20)21)3-7(5-8)13(22)23/h1-5,22-23H,(H,20,21)(H,17,18,19). The van der Waals surface area contributed by atoms with Gasteiger partial charge in [0.05, 0.1) is 5.56 Å². The van der Waals surface area contributed by atoms with Crippen molar-refractivity contribution in [2.75, 3.05) is 5.32 Å². The molecule has 0 aliphatic heterocycles. The highest BCUT2D eigenvalue weighted by Gasteiger charge is 2.32. The number of nitrogens with one attached hydrogen (secondary N) is 1. The van der Waals surface area contributed by atoms with E-state index in [9.17, 15) is 18.0 Å². The van der Waals surface area contributed by atoms with Crippen LogP contribution >= 0.6 is 0 Å². The summed E-state index contributed by atoms with van der Waals surface area (Å²) in [7, 11) is -1.95. The second kappa shape index (κ2) is 6.22. The summed E-state index contributed by atoms with van der Waals surface area (Å²) in [5.74, 6) is -1.76. The Morgan fingerprint density at radius 3 is 2.48 bits per heavy atom. The van der Waals surface area contributed by atoms with E-state index in [0.717, 1.165) is 24.4 Å². The zero-order valence-electron chi connectivity index (χ0n) is 11.2. The van der Waals surface area contributed by atoms with Crippen LogP contribution in [0.4, 0.5) is 24.8 Å². The van der Waals surface area contributed by atoms with Crippen molar-refractivity contribution in [1.29, 1.82) is 0 Å². The summed E-state index contributed by atoms with van der Waals surface area (Å²) in [6.45, 7) is 0. The third kappa shape index (κ3) is 4.17. The molecule has 0 unspecified atom stereocenters. The number of anilines is 2. The van der Waals surface area contributed by atoms with Crippen LogP contribution in [0.2, 0.25) is 0 Å². The second-order valence-electron chi connectivity index (χ2n) is 4.41. The van der Waals surface area contributed by atoms with Gasteiger partial charge < -0.3 is 20.5 Å². The van der Waals surface area contributed by atoms with E-state index in [1.165, 1.54) is 0 Å². The van der Waals surface area contributed by atoms with Crippen molar-refractivity contribution < 1.29 is 33.1 Å². The maximum absolute atomic E-state index is 12.6. The second-order valence-corrected chi connectivity index (χ2v) is 4.41. The van der Waals surface area contributed by atoms with Gasteiger partial charge in [0.15, 0.2) is 0 Å². The summed E-state index contributed by atoms with van der Waals surface area (Å²) in [5.41, 5.74) is -1.62. The molecule has 1 aromatic carbocycles. The van der Waals surface area contributed by atoms with Gasteiger partial charge >= 0.3 is 19.3 Å². The fraction of sp³-hybridized carbons (Fsp3) is 0.0833. The van der Waals surface area contributed by atoms with Gasteiger partial charge in [-0.3, -0.25) is 0 Å². The number of carboxylic acid groups (broad SMARTS) is 1. The van der Waals surface area contributed by atoms with Crippen LogP contribution in [0, 0.1) is 0 Å². The molecule has 0 saturated heterocycles. The van der Waals surface area contributed by atoms with Gasteiger partial charge in [0, 0.05) is 11.9 Å². The first kappa shape index (κ1) is 16.7. The van der Waals surface area contributed by atoms with Crippen molar-refractivity contribution in [3.8, 4) is 0 Å². The maximum atomic E-state index is 12.6. The Hall–Kier alpha value is -2.66. The molecule has 0 radical (unpaired) electrons. The van der Waals surface area contributed by atoms with Crippen molar-refractivity contribution >= 4 is 30.2 Å². The van der Waals surface area contributed by atoms with Gasteiger partial charge in [0.25, 0.3) is 0 Å². The quantitative estimate of drug-likeness (QED) is 0.608. The Kier molecular flexibility index (Phi) is 4.52. The lowest BCUT2D eigenvalue weighted by molar-refractivity contribution is -0.141. The lowest BCUT2D eigenvalue weighted by atomic mass is 9.79. The SMILES string of the molecule is O=C(O)c1cc(Nc2nccc(C(F)(F)F)n2)cc(B(O)O)c1. The van der Waals surface area contributed by atoms with Gasteiger partial charge in [-0.05, 0) is 29.7 Å². The minimum absolute atomic E-state index is 0.00711. The van der Waals surface area contributed by atoms with E-state index in [-0.39, 0.29) is 16.7 Å². The van der Waals surface area contributed by atoms with Crippen LogP contribution in [0.5, 0.6) is 0 Å². The molecule has 1 heterocycles. The molecule has 0 saturated carbocycles. The number of hydrogen-bond donors (Lipinski definition) is 4. The molecule has 23 heavy (non-hydrogen) atoms. The van der Waals surface area contributed by atoms with E-state index < -0.39 is 30.9 Å². The monoisotopic (exact) mass is 327 g/mol. The predicted octanol–water partition coefficient (Wildman–Crippen LogP) is 0.617. The summed E-state index contributed by atoms with van der Waals surface area (Å²) in [4.78, 5) is 17.9. The van der Waals surface area contributed by atoms with Crippen molar-refractivity contribution in [2.24, 2.45) is 0 Å². The summed E-state index contributed by atoms with van der Waals surface area (Å²) in [6.07, 6.45) is -3.77. The number of halogens is 3. The molecule has 0 spiro atoms. The highest BCUT2D eigenvalue weighted by molar-refractivity contribution is 6.58. The lowest BCUT2D eigenvalue weighted by Gasteiger charge is -2.10. The van der Waals surface area contributed by atoms with Gasteiger partial charge in [0.1, 0.15) is 5.69 Å². The minimum atomic E-state index is -4.66. The number of benzene rings is 1. The number of hydrogen-bond acceptors (Lipinski definition) is 6. The number of aromatic carboxylic acids is 1. The molecule has 0 amide bonds. The van der Waals surface area contributed by atoms with Crippen LogP contribution < -0.4 is 10.8 Å². The molecular weight excluding hydrogens is 318 g/mol. The molecule has 0 bridgehead atoms. The highest BCUT2D eigenvalue weighted by atomic mass is 19.4. The van der Waals surface area contributed by atoms with E-state index in [0.29, 0.717) is 6.07 Å². The van der Waals surface area contributed by atoms with E-state index in [1.807, 2.05) is 0 Å². The number of nitrogens with zero attached hydrogens (tertiary/aromatic N) is 2. The van der Waals surface area contributed by atoms with Gasteiger partial charge in [-0.15, -0.1) is 0 Å². The average molecular weight is 327 g/mol. The van der Waals surface area contributed by atoms with Gasteiger partial charge in [0.2, 0.25) is 5.95 Å². The molecule has 1 aromatic heterocycles. The molecule has 11 heteroatoms. The van der Waals surface area contributed by atoms with E-state index in [1.54, 1.807) is 0 Å². The molecule has 0 atom stereocenters. The number of carbonyl (C=O) groups is 1. The van der Waals surface area contributed by atoms with Gasteiger partial charge in [-0.25, -0.2) is 14.8 Å². The Bertz CT molecular complexity index is 740. The molecule has 0 fully saturated rings. The van der Waals surface area contributed by atoms with Gasteiger partial charge in [-0.1, -0.05) is 0 Å². The summed E-state index contributed by atoms with van der Waals surface area (Å²) in [6, 6.07) is 3.95. The number of rotatable bonds is 4. The molecule has 2 rings (SSSR count). The molecule has 0 aliphatic rings. The lowest BCUT2D eigenvalue weighted by Crippen LogP contribution is -2.30.